The van der Waals surface area contributed by atoms with Crippen molar-refractivity contribution in [3.05, 3.63) is 34.4 Å². The van der Waals surface area contributed by atoms with Gasteiger partial charge in [0.2, 0.25) is 0 Å². The number of benzene rings is 1. The third kappa shape index (κ3) is 3.22. The quantitative estimate of drug-likeness (QED) is 0.619. The molecule has 2 rings (SSSR count). The van der Waals surface area contributed by atoms with E-state index in [9.17, 15) is 0 Å². The van der Waals surface area contributed by atoms with Gasteiger partial charge in [0.15, 0.2) is 0 Å². The van der Waals surface area contributed by atoms with E-state index >= 15 is 0 Å². The first-order valence-electron chi connectivity index (χ1n) is 8.07. The Morgan fingerprint density at radius 2 is 1.68 bits per heavy atom. The second-order valence-corrected chi connectivity index (χ2v) is 7.29. The smallest absolute Gasteiger partial charge is 0.0129 e. The second kappa shape index (κ2) is 5.69. The molecule has 1 aromatic carbocycles. The summed E-state index contributed by atoms with van der Waals surface area (Å²) in [5, 5.41) is 0. The first-order chi connectivity index (χ1) is 8.93. The lowest BCUT2D eigenvalue weighted by molar-refractivity contribution is 0.442. The lowest BCUT2D eigenvalue weighted by atomic mass is 9.77. The third-order valence-corrected chi connectivity index (χ3v) is 4.80. The van der Waals surface area contributed by atoms with E-state index in [1.165, 1.54) is 37.7 Å². The summed E-state index contributed by atoms with van der Waals surface area (Å²) in [6.07, 6.45) is 8.24. The zero-order chi connectivity index (χ0) is 14.0. The van der Waals surface area contributed by atoms with E-state index < -0.39 is 0 Å². The number of rotatable bonds is 2. The van der Waals surface area contributed by atoms with Gasteiger partial charge in [0.05, 0.1) is 0 Å². The summed E-state index contributed by atoms with van der Waals surface area (Å²) in [6.45, 7) is 11.6. The summed E-state index contributed by atoms with van der Waals surface area (Å²) in [5.41, 5.74) is 6.53. The van der Waals surface area contributed by atoms with Crippen LogP contribution in [0.3, 0.4) is 0 Å². The van der Waals surface area contributed by atoms with Crippen molar-refractivity contribution in [1.29, 1.82) is 0 Å². The van der Waals surface area contributed by atoms with Crippen LogP contribution in [-0.4, -0.2) is 0 Å². The van der Waals surface area contributed by atoms with Crippen LogP contribution in [0.5, 0.6) is 0 Å². The zero-order valence-electron chi connectivity index (χ0n) is 13.5. The maximum atomic E-state index is 2.52. The van der Waals surface area contributed by atoms with Crippen molar-refractivity contribution >= 4 is 0 Å². The molecule has 1 saturated carbocycles. The minimum atomic E-state index is 0.263. The third-order valence-electron chi connectivity index (χ3n) is 4.80. The minimum absolute atomic E-state index is 0.263. The molecule has 0 aliphatic heterocycles. The molecule has 19 heavy (non-hydrogen) atoms. The molecule has 0 heteroatoms. The second-order valence-electron chi connectivity index (χ2n) is 7.29. The molecule has 0 nitrogen and oxygen atoms in total. The Labute approximate surface area is 119 Å². The van der Waals surface area contributed by atoms with Gasteiger partial charge in [-0.3, -0.25) is 0 Å². The number of hydrogen-bond donors (Lipinski definition) is 0. The predicted molar refractivity (Wildman–Crippen MR) is 85.1 cm³/mol. The van der Waals surface area contributed by atoms with E-state index in [2.05, 4.69) is 46.8 Å². The Balaban J connectivity index is 2.44. The monoisotopic (exact) mass is 258 g/mol. The van der Waals surface area contributed by atoms with Crippen LogP contribution in [0.25, 0.3) is 0 Å². The lowest BCUT2D eigenvalue weighted by Gasteiger charge is -2.28. The zero-order valence-corrected chi connectivity index (χ0v) is 13.5. The average Bonchev–Trinajstić information content (AvgIpc) is 2.38. The van der Waals surface area contributed by atoms with Gasteiger partial charge in [-0.05, 0) is 59.8 Å². The molecule has 1 fully saturated rings. The highest BCUT2D eigenvalue weighted by Crippen LogP contribution is 2.37. The molecule has 0 unspecified atom stereocenters. The van der Waals surface area contributed by atoms with Crippen LogP contribution >= 0.6 is 0 Å². The minimum Gasteiger partial charge on any atom is -0.0613 e. The standard InChI is InChI=1S/C19H30/c1-6-15-12-17(16-10-8-7-9-11-16)13-18(14(15)2)19(3,4)5/h12-13,16H,6-11H2,1-5H3. The maximum absolute atomic E-state index is 2.52. The average molecular weight is 258 g/mol. The van der Waals surface area contributed by atoms with Gasteiger partial charge in [-0.1, -0.05) is 59.1 Å². The van der Waals surface area contributed by atoms with Crippen LogP contribution in [0.2, 0.25) is 0 Å². The molecule has 0 aromatic heterocycles. The summed E-state index contributed by atoms with van der Waals surface area (Å²) < 4.78 is 0. The lowest BCUT2D eigenvalue weighted by Crippen LogP contribution is -2.16. The Morgan fingerprint density at radius 1 is 1.05 bits per heavy atom. The van der Waals surface area contributed by atoms with Crippen LogP contribution in [0.15, 0.2) is 12.1 Å². The highest BCUT2D eigenvalue weighted by molar-refractivity contribution is 5.43. The highest BCUT2D eigenvalue weighted by atomic mass is 14.3. The molecular weight excluding hydrogens is 228 g/mol. The van der Waals surface area contributed by atoms with Crippen molar-refractivity contribution in [2.24, 2.45) is 0 Å². The Kier molecular flexibility index (Phi) is 4.38. The van der Waals surface area contributed by atoms with Crippen molar-refractivity contribution in [2.75, 3.05) is 0 Å². The van der Waals surface area contributed by atoms with Crippen molar-refractivity contribution in [2.45, 2.75) is 84.5 Å². The fourth-order valence-corrected chi connectivity index (χ4v) is 3.62. The summed E-state index contributed by atoms with van der Waals surface area (Å²) in [4.78, 5) is 0. The van der Waals surface area contributed by atoms with Crippen molar-refractivity contribution in [1.82, 2.24) is 0 Å². The molecule has 1 aliphatic carbocycles. The molecular formula is C19H30. The first-order valence-corrected chi connectivity index (χ1v) is 8.07. The van der Waals surface area contributed by atoms with E-state index in [0.717, 1.165) is 12.3 Å². The molecule has 0 saturated heterocycles. The van der Waals surface area contributed by atoms with Crippen LogP contribution in [0.4, 0.5) is 0 Å². The van der Waals surface area contributed by atoms with Gasteiger partial charge in [-0.15, -0.1) is 0 Å². The van der Waals surface area contributed by atoms with Crippen LogP contribution in [0, 0.1) is 6.92 Å². The summed E-state index contributed by atoms with van der Waals surface area (Å²) in [5.74, 6) is 0.820. The van der Waals surface area contributed by atoms with Crippen LogP contribution in [-0.2, 0) is 11.8 Å². The largest absolute Gasteiger partial charge is 0.0613 e. The number of hydrogen-bond acceptors (Lipinski definition) is 0. The fourth-order valence-electron chi connectivity index (χ4n) is 3.62. The number of aryl methyl sites for hydroxylation is 1. The van der Waals surface area contributed by atoms with Crippen molar-refractivity contribution in [3.63, 3.8) is 0 Å². The Hall–Kier alpha value is -0.780. The van der Waals surface area contributed by atoms with Gasteiger partial charge in [0, 0.05) is 0 Å². The maximum Gasteiger partial charge on any atom is -0.0129 e. The van der Waals surface area contributed by atoms with Crippen LogP contribution in [0.1, 0.15) is 88.0 Å². The Bertz CT molecular complexity index is 428. The van der Waals surface area contributed by atoms with E-state index in [0.29, 0.717) is 0 Å². The van der Waals surface area contributed by atoms with Crippen molar-refractivity contribution < 1.29 is 0 Å². The topological polar surface area (TPSA) is 0 Å². The molecule has 0 atom stereocenters. The molecule has 0 bridgehead atoms. The van der Waals surface area contributed by atoms with E-state index in [1.54, 1.807) is 16.7 Å². The van der Waals surface area contributed by atoms with E-state index in [-0.39, 0.29) is 5.41 Å². The molecule has 0 spiro atoms. The Morgan fingerprint density at radius 3 is 2.21 bits per heavy atom. The van der Waals surface area contributed by atoms with Gasteiger partial charge in [-0.25, -0.2) is 0 Å². The summed E-state index contributed by atoms with van der Waals surface area (Å²) >= 11 is 0. The molecule has 0 radical (unpaired) electrons. The SMILES string of the molecule is CCc1cc(C2CCCCC2)cc(C(C)(C)C)c1C. The molecule has 0 N–H and O–H groups in total. The normalized spacial score (nSPS) is 17.7. The van der Waals surface area contributed by atoms with Crippen LogP contribution < -0.4 is 0 Å². The van der Waals surface area contributed by atoms with Gasteiger partial charge in [0.1, 0.15) is 0 Å². The van der Waals surface area contributed by atoms with E-state index in [1.807, 2.05) is 0 Å². The fraction of sp³-hybridized carbons (Fsp3) is 0.684. The molecule has 1 aliphatic rings. The summed E-state index contributed by atoms with van der Waals surface area (Å²) in [6, 6.07) is 5.02. The predicted octanol–water partition coefficient (Wildman–Crippen LogP) is 5.90. The van der Waals surface area contributed by atoms with Crippen molar-refractivity contribution in [3.8, 4) is 0 Å². The molecule has 0 amide bonds. The van der Waals surface area contributed by atoms with Gasteiger partial charge in [-0.2, -0.15) is 0 Å². The highest BCUT2D eigenvalue weighted by Gasteiger charge is 2.22. The summed E-state index contributed by atoms with van der Waals surface area (Å²) in [7, 11) is 0. The first kappa shape index (κ1) is 14.6. The van der Waals surface area contributed by atoms with Gasteiger partial charge in [0.25, 0.3) is 0 Å². The van der Waals surface area contributed by atoms with E-state index in [4.69, 9.17) is 0 Å². The molecule has 1 aromatic rings. The van der Waals surface area contributed by atoms with Gasteiger partial charge < -0.3 is 0 Å². The molecule has 0 heterocycles. The molecule has 106 valence electrons. The van der Waals surface area contributed by atoms with Gasteiger partial charge >= 0.3 is 0 Å².